The summed E-state index contributed by atoms with van der Waals surface area (Å²) in [5, 5.41) is 10.3. The number of amides is 1. The molecule has 11 heteroatoms. The average molecular weight is 656 g/mol. The Morgan fingerprint density at radius 2 is 1.75 bits per heavy atom. The van der Waals surface area contributed by atoms with Crippen LogP contribution in [0.5, 0.6) is 17.2 Å². The van der Waals surface area contributed by atoms with Crippen LogP contribution in [0.25, 0.3) is 22.3 Å². The first-order valence-electron chi connectivity index (χ1n) is 16.3. The zero-order valence-corrected chi connectivity index (χ0v) is 27.7. The summed E-state index contributed by atoms with van der Waals surface area (Å²) in [6.07, 6.45) is 3.28. The number of aromatic carboxylic acids is 1. The van der Waals surface area contributed by atoms with E-state index in [1.807, 2.05) is 69.3 Å². The molecule has 48 heavy (non-hydrogen) atoms. The number of H-pyrrole nitrogens is 1. The van der Waals surface area contributed by atoms with Gasteiger partial charge in [0.2, 0.25) is 0 Å². The lowest BCUT2D eigenvalue weighted by Crippen LogP contribution is -2.42. The maximum atomic E-state index is 13.1. The molecule has 4 aromatic rings. The maximum Gasteiger partial charge on any atom is 0.410 e. The van der Waals surface area contributed by atoms with Crippen LogP contribution in [0.4, 0.5) is 4.79 Å². The summed E-state index contributed by atoms with van der Waals surface area (Å²) in [6.45, 7) is 7.22. The van der Waals surface area contributed by atoms with Crippen LogP contribution < -0.4 is 19.8 Å². The minimum absolute atomic E-state index is 0.189. The molecule has 3 heterocycles. The highest BCUT2D eigenvalue weighted by Gasteiger charge is 2.31. The molecule has 2 fully saturated rings. The third-order valence-electron chi connectivity index (χ3n) is 8.57. The van der Waals surface area contributed by atoms with Gasteiger partial charge in [0.25, 0.3) is 5.56 Å². The number of methoxy groups -OCH3 is 1. The van der Waals surface area contributed by atoms with E-state index in [0.29, 0.717) is 53.8 Å². The number of hydrogen-bond donors (Lipinski definition) is 2. The first kappa shape index (κ1) is 32.9. The Kier molecular flexibility index (Phi) is 9.30. The van der Waals surface area contributed by atoms with Gasteiger partial charge in [-0.2, -0.15) is 0 Å². The molecule has 1 unspecified atom stereocenters. The van der Waals surface area contributed by atoms with Crippen molar-refractivity contribution in [2.45, 2.75) is 64.6 Å². The molecular formula is C37H41N3O8. The van der Waals surface area contributed by atoms with E-state index in [4.69, 9.17) is 23.9 Å². The minimum Gasteiger partial charge on any atom is -0.497 e. The van der Waals surface area contributed by atoms with Gasteiger partial charge in [-0.15, -0.1) is 0 Å². The summed E-state index contributed by atoms with van der Waals surface area (Å²) in [5.41, 5.74) is 1.29. The maximum absolute atomic E-state index is 13.1. The second-order valence-electron chi connectivity index (χ2n) is 13.5. The van der Waals surface area contributed by atoms with Crippen molar-refractivity contribution in [1.82, 2.24) is 14.9 Å². The van der Waals surface area contributed by atoms with Crippen LogP contribution in [0.2, 0.25) is 0 Å². The number of hydrogen-bond acceptors (Lipinski definition) is 8. The van der Waals surface area contributed by atoms with Crippen molar-refractivity contribution >= 4 is 23.1 Å². The number of ether oxygens (including phenoxy) is 4. The Bertz CT molecular complexity index is 1880. The normalized spacial score (nSPS) is 16.4. The average Bonchev–Trinajstić information content (AvgIpc) is 3.89. The van der Waals surface area contributed by atoms with Gasteiger partial charge in [-0.1, -0.05) is 18.2 Å². The molecule has 2 aliphatic rings. The van der Waals surface area contributed by atoms with Crippen LogP contribution in [0.15, 0.2) is 59.4 Å². The monoisotopic (exact) mass is 655 g/mol. The molecule has 1 saturated carbocycles. The Labute approximate surface area is 278 Å². The van der Waals surface area contributed by atoms with Gasteiger partial charge in [-0.05, 0) is 99.9 Å². The van der Waals surface area contributed by atoms with Crippen molar-refractivity contribution in [3.05, 3.63) is 81.6 Å². The number of piperidine rings is 1. The fraction of sp³-hybridized carbons (Fsp3) is 0.405. The van der Waals surface area contributed by atoms with E-state index in [9.17, 15) is 19.5 Å². The molecule has 1 aliphatic heterocycles. The number of likely N-dealkylation sites (tertiary alicyclic amines) is 1. The Hall–Kier alpha value is -5.06. The summed E-state index contributed by atoms with van der Waals surface area (Å²) in [4.78, 5) is 47.3. The van der Waals surface area contributed by atoms with Crippen LogP contribution in [0, 0.1) is 5.92 Å². The smallest absolute Gasteiger partial charge is 0.410 e. The lowest BCUT2D eigenvalue weighted by Gasteiger charge is -2.34. The molecule has 2 aromatic heterocycles. The van der Waals surface area contributed by atoms with Crippen molar-refractivity contribution < 1.29 is 33.6 Å². The van der Waals surface area contributed by atoms with Crippen LogP contribution in [-0.4, -0.2) is 64.4 Å². The predicted octanol–water partition coefficient (Wildman–Crippen LogP) is 6.78. The van der Waals surface area contributed by atoms with E-state index < -0.39 is 23.2 Å². The van der Waals surface area contributed by atoms with Gasteiger partial charge < -0.3 is 33.9 Å². The van der Waals surface area contributed by atoms with Crippen LogP contribution in [-0.2, 0) is 11.3 Å². The highest BCUT2D eigenvalue weighted by Crippen LogP contribution is 2.42. The number of carbonyl (C=O) groups excluding carboxylic acids is 1. The van der Waals surface area contributed by atoms with Gasteiger partial charge in [0, 0.05) is 24.4 Å². The van der Waals surface area contributed by atoms with Gasteiger partial charge >= 0.3 is 12.1 Å². The van der Waals surface area contributed by atoms with E-state index in [2.05, 4.69) is 4.98 Å². The van der Waals surface area contributed by atoms with Crippen LogP contribution in [0.1, 0.15) is 73.9 Å². The second-order valence-corrected chi connectivity index (χ2v) is 13.5. The topological polar surface area (TPSA) is 140 Å². The number of carboxylic acids is 1. The number of nitrogens with zero attached hydrogens (tertiary/aromatic N) is 2. The van der Waals surface area contributed by atoms with Gasteiger partial charge in [-0.25, -0.2) is 14.6 Å². The molecule has 2 N–H and O–H groups in total. The van der Waals surface area contributed by atoms with Gasteiger partial charge in [0.15, 0.2) is 0 Å². The van der Waals surface area contributed by atoms with Crippen molar-refractivity contribution in [1.29, 1.82) is 0 Å². The van der Waals surface area contributed by atoms with Crippen LogP contribution in [0.3, 0.4) is 0 Å². The molecular weight excluding hydrogens is 614 g/mol. The van der Waals surface area contributed by atoms with E-state index >= 15 is 0 Å². The highest BCUT2D eigenvalue weighted by atomic mass is 16.6. The summed E-state index contributed by atoms with van der Waals surface area (Å²) < 4.78 is 23.7. The standard InChI is InChI=1S/C37H41N3O8/c1-37(2,3)48-36(44)40-16-6-7-24(19-40)26-18-29(38-33-27(26)17-28(35(42)43)34(41)39-33)32-30(46-20-22-10-11-22)8-5-9-31(32)47-21-23-12-14-25(45-4)15-13-23/h5,8-9,12-15,17-18,22,24H,6-7,10-11,16,19-21H2,1-4H3,(H,42,43)(H,38,39,41). The lowest BCUT2D eigenvalue weighted by atomic mass is 9.87. The zero-order valence-electron chi connectivity index (χ0n) is 27.7. The number of rotatable bonds is 10. The predicted molar refractivity (Wildman–Crippen MR) is 180 cm³/mol. The minimum atomic E-state index is -1.33. The Morgan fingerprint density at radius 3 is 2.42 bits per heavy atom. The Morgan fingerprint density at radius 1 is 1.02 bits per heavy atom. The largest absolute Gasteiger partial charge is 0.497 e. The lowest BCUT2D eigenvalue weighted by molar-refractivity contribution is 0.0198. The number of nitrogens with one attached hydrogen (secondary N) is 1. The van der Waals surface area contributed by atoms with E-state index in [0.717, 1.165) is 42.6 Å². The van der Waals surface area contributed by atoms with Crippen molar-refractivity contribution in [2.24, 2.45) is 5.92 Å². The summed E-state index contributed by atoms with van der Waals surface area (Å²) in [5.74, 6) is 0.854. The quantitative estimate of drug-likeness (QED) is 0.189. The number of benzene rings is 2. The molecule has 1 aliphatic carbocycles. The van der Waals surface area contributed by atoms with Crippen molar-refractivity contribution in [3.8, 4) is 28.5 Å². The van der Waals surface area contributed by atoms with E-state index in [1.165, 1.54) is 6.07 Å². The molecule has 0 radical (unpaired) electrons. The molecule has 2 aromatic carbocycles. The number of aromatic amines is 1. The van der Waals surface area contributed by atoms with E-state index in [-0.39, 0.29) is 23.7 Å². The highest BCUT2D eigenvalue weighted by molar-refractivity contribution is 5.94. The fourth-order valence-corrected chi connectivity index (χ4v) is 5.93. The number of fused-ring (bicyclic) bond motifs is 1. The number of carboxylic acid groups (broad SMARTS) is 1. The third kappa shape index (κ3) is 7.56. The second kappa shape index (κ2) is 13.6. The molecule has 0 bridgehead atoms. The zero-order chi connectivity index (χ0) is 34.0. The fourth-order valence-electron chi connectivity index (χ4n) is 5.93. The number of pyridine rings is 2. The molecule has 1 saturated heterocycles. The summed E-state index contributed by atoms with van der Waals surface area (Å²) in [7, 11) is 1.62. The van der Waals surface area contributed by atoms with Gasteiger partial charge in [0.1, 0.15) is 40.7 Å². The van der Waals surface area contributed by atoms with Gasteiger partial charge in [0.05, 0.1) is 25.0 Å². The van der Waals surface area contributed by atoms with Crippen molar-refractivity contribution in [2.75, 3.05) is 26.8 Å². The van der Waals surface area contributed by atoms with E-state index in [1.54, 1.807) is 12.0 Å². The first-order chi connectivity index (χ1) is 23.0. The number of carbonyl (C=O) groups is 2. The summed E-state index contributed by atoms with van der Waals surface area (Å²) in [6, 6.07) is 16.5. The molecule has 0 spiro atoms. The van der Waals surface area contributed by atoms with Gasteiger partial charge in [-0.3, -0.25) is 4.79 Å². The molecule has 6 rings (SSSR count). The van der Waals surface area contributed by atoms with Crippen molar-refractivity contribution in [3.63, 3.8) is 0 Å². The first-order valence-corrected chi connectivity index (χ1v) is 16.3. The molecule has 252 valence electrons. The summed E-state index contributed by atoms with van der Waals surface area (Å²) >= 11 is 0. The molecule has 11 nitrogen and oxygen atoms in total. The SMILES string of the molecule is COc1ccc(COc2cccc(OCC3CC3)c2-c2cc(C3CCCN(C(=O)OC(C)(C)C)C3)c3cc(C(=O)O)c(=O)[nH]c3n2)cc1. The number of aromatic nitrogens is 2. The molecule has 1 amide bonds. The third-order valence-corrected chi connectivity index (χ3v) is 8.57. The van der Waals surface area contributed by atoms with Crippen LogP contribution >= 0.6 is 0 Å². The Balaban J connectivity index is 1.45. The molecule has 1 atom stereocenters.